The minimum atomic E-state index is -0.0522. The van der Waals surface area contributed by atoms with Crippen molar-refractivity contribution in [3.8, 4) is 0 Å². The largest absolute Gasteiger partial charge is 0.393 e. The van der Waals surface area contributed by atoms with Gasteiger partial charge in [0.15, 0.2) is 0 Å². The Kier molecular flexibility index (Phi) is 19.5. The lowest BCUT2D eigenvalue weighted by atomic mass is 10.0. The first-order chi connectivity index (χ1) is 11.3. The number of aliphatic hydroxyl groups excluding tert-OH is 1. The number of aliphatic hydroxyl groups is 1. The highest BCUT2D eigenvalue weighted by molar-refractivity contribution is 4.81. The Morgan fingerprint density at radius 2 is 0.957 bits per heavy atom. The molecule has 0 saturated carbocycles. The maximum absolute atomic E-state index is 10.0. The fraction of sp³-hybridized carbons (Fsp3) is 0.909. The number of hydrogen-bond donors (Lipinski definition) is 1. The molecule has 0 amide bonds. The molecule has 0 saturated heterocycles. The van der Waals surface area contributed by atoms with Crippen LogP contribution >= 0.6 is 0 Å². The average molecular weight is 325 g/mol. The molecule has 1 nitrogen and oxygen atoms in total. The van der Waals surface area contributed by atoms with Gasteiger partial charge in [-0.2, -0.15) is 0 Å². The molecule has 1 atom stereocenters. The van der Waals surface area contributed by atoms with E-state index in [0.717, 1.165) is 12.8 Å². The summed E-state index contributed by atoms with van der Waals surface area (Å²) in [6, 6.07) is 0. The Morgan fingerprint density at radius 1 is 0.565 bits per heavy atom. The topological polar surface area (TPSA) is 20.2 Å². The third-order valence-corrected chi connectivity index (χ3v) is 4.69. The molecule has 0 fully saturated rings. The molecule has 0 aliphatic rings. The van der Waals surface area contributed by atoms with Gasteiger partial charge in [0.1, 0.15) is 0 Å². The van der Waals surface area contributed by atoms with E-state index in [0.29, 0.717) is 0 Å². The first kappa shape index (κ1) is 22.7. The molecule has 1 N–H and O–H groups in total. The van der Waals surface area contributed by atoms with E-state index in [1.54, 1.807) is 0 Å². The van der Waals surface area contributed by atoms with E-state index in [2.05, 4.69) is 26.0 Å². The van der Waals surface area contributed by atoms with Gasteiger partial charge < -0.3 is 5.11 Å². The predicted molar refractivity (Wildman–Crippen MR) is 105 cm³/mol. The van der Waals surface area contributed by atoms with Gasteiger partial charge in [-0.25, -0.2) is 0 Å². The van der Waals surface area contributed by atoms with Crippen molar-refractivity contribution in [2.24, 2.45) is 0 Å². The quantitative estimate of drug-likeness (QED) is 0.203. The summed E-state index contributed by atoms with van der Waals surface area (Å²) in [6.07, 6.45) is 26.3. The van der Waals surface area contributed by atoms with E-state index >= 15 is 0 Å². The molecule has 0 heterocycles. The Labute approximate surface area is 147 Å². The summed E-state index contributed by atoms with van der Waals surface area (Å²) < 4.78 is 0. The van der Waals surface area contributed by atoms with Gasteiger partial charge in [-0.05, 0) is 38.5 Å². The zero-order valence-electron chi connectivity index (χ0n) is 16.2. The minimum absolute atomic E-state index is 0.0522. The van der Waals surface area contributed by atoms with Crippen LogP contribution in [0.15, 0.2) is 12.2 Å². The van der Waals surface area contributed by atoms with Gasteiger partial charge in [-0.1, -0.05) is 96.6 Å². The highest BCUT2D eigenvalue weighted by Gasteiger charge is 2.03. The Hall–Kier alpha value is -0.300. The van der Waals surface area contributed by atoms with Crippen molar-refractivity contribution in [3.05, 3.63) is 12.2 Å². The normalized spacial score (nSPS) is 13.0. The lowest BCUT2D eigenvalue weighted by Crippen LogP contribution is -2.05. The second-order valence-electron chi connectivity index (χ2n) is 7.17. The molecule has 0 aliphatic heterocycles. The lowest BCUT2D eigenvalue weighted by molar-refractivity contribution is 0.147. The molecule has 0 radical (unpaired) electrons. The zero-order chi connectivity index (χ0) is 17.0. The number of rotatable bonds is 18. The fourth-order valence-electron chi connectivity index (χ4n) is 3.05. The molecule has 1 heteroatoms. The standard InChI is InChI=1S/C22H44O/c1-3-5-7-9-11-13-15-17-19-21-22(23)20-18-16-14-12-10-8-6-4-2/h11,13,22-23H,3-10,12,14-21H2,1-2H3. The molecule has 0 aromatic carbocycles. The number of allylic oxidation sites excluding steroid dienone is 2. The Balaban J connectivity index is 3.20. The number of hydrogen-bond acceptors (Lipinski definition) is 1. The summed E-state index contributed by atoms with van der Waals surface area (Å²) in [4.78, 5) is 0. The molecule has 0 bridgehead atoms. The SMILES string of the molecule is CCCCCC=CCCCCC(O)CCCCCCCCCC. The third kappa shape index (κ3) is 19.7. The van der Waals surface area contributed by atoms with E-state index in [1.165, 1.54) is 96.3 Å². The van der Waals surface area contributed by atoms with Crippen LogP contribution in [0.3, 0.4) is 0 Å². The van der Waals surface area contributed by atoms with Crippen molar-refractivity contribution in [2.45, 2.75) is 129 Å². The van der Waals surface area contributed by atoms with E-state index < -0.39 is 0 Å². The van der Waals surface area contributed by atoms with Gasteiger partial charge in [-0.3, -0.25) is 0 Å². The van der Waals surface area contributed by atoms with Gasteiger partial charge >= 0.3 is 0 Å². The first-order valence-electron chi connectivity index (χ1n) is 10.6. The first-order valence-corrected chi connectivity index (χ1v) is 10.6. The van der Waals surface area contributed by atoms with Crippen molar-refractivity contribution in [1.82, 2.24) is 0 Å². The van der Waals surface area contributed by atoms with E-state index in [1.807, 2.05) is 0 Å². The smallest absolute Gasteiger partial charge is 0.0540 e. The molecule has 138 valence electrons. The van der Waals surface area contributed by atoms with Crippen LogP contribution in [0.5, 0.6) is 0 Å². The predicted octanol–water partition coefficient (Wildman–Crippen LogP) is 7.58. The van der Waals surface area contributed by atoms with Crippen LogP contribution in [0.2, 0.25) is 0 Å². The van der Waals surface area contributed by atoms with Gasteiger partial charge in [0, 0.05) is 0 Å². The molecule has 0 rings (SSSR count). The molecule has 0 aromatic rings. The van der Waals surface area contributed by atoms with Gasteiger partial charge in [0.2, 0.25) is 0 Å². The van der Waals surface area contributed by atoms with Crippen LogP contribution < -0.4 is 0 Å². The average Bonchev–Trinajstić information content (AvgIpc) is 2.56. The molecule has 0 aliphatic carbocycles. The van der Waals surface area contributed by atoms with Gasteiger partial charge in [-0.15, -0.1) is 0 Å². The summed E-state index contributed by atoms with van der Waals surface area (Å²) >= 11 is 0. The molecule has 0 spiro atoms. The molecule has 1 unspecified atom stereocenters. The zero-order valence-corrected chi connectivity index (χ0v) is 16.2. The summed E-state index contributed by atoms with van der Waals surface area (Å²) in [5.41, 5.74) is 0. The van der Waals surface area contributed by atoms with Crippen molar-refractivity contribution in [1.29, 1.82) is 0 Å². The summed E-state index contributed by atoms with van der Waals surface area (Å²) in [6.45, 7) is 4.52. The summed E-state index contributed by atoms with van der Waals surface area (Å²) in [5, 5.41) is 10.0. The van der Waals surface area contributed by atoms with E-state index in [-0.39, 0.29) is 6.10 Å². The van der Waals surface area contributed by atoms with E-state index in [9.17, 15) is 5.11 Å². The van der Waals surface area contributed by atoms with Crippen LogP contribution in [0.25, 0.3) is 0 Å². The molecular weight excluding hydrogens is 280 g/mol. The molecular formula is C22H44O. The van der Waals surface area contributed by atoms with E-state index in [4.69, 9.17) is 0 Å². The third-order valence-electron chi connectivity index (χ3n) is 4.69. The van der Waals surface area contributed by atoms with Crippen molar-refractivity contribution >= 4 is 0 Å². The Bertz CT molecular complexity index is 234. The summed E-state index contributed by atoms with van der Waals surface area (Å²) in [7, 11) is 0. The van der Waals surface area contributed by atoms with Crippen LogP contribution in [-0.4, -0.2) is 11.2 Å². The fourth-order valence-corrected chi connectivity index (χ4v) is 3.05. The van der Waals surface area contributed by atoms with Gasteiger partial charge in [0.25, 0.3) is 0 Å². The maximum atomic E-state index is 10.0. The highest BCUT2D eigenvalue weighted by Crippen LogP contribution is 2.13. The number of unbranched alkanes of at least 4 members (excludes halogenated alkanes) is 12. The van der Waals surface area contributed by atoms with Crippen molar-refractivity contribution in [2.75, 3.05) is 0 Å². The minimum Gasteiger partial charge on any atom is -0.393 e. The molecule has 23 heavy (non-hydrogen) atoms. The van der Waals surface area contributed by atoms with Crippen LogP contribution in [-0.2, 0) is 0 Å². The van der Waals surface area contributed by atoms with Crippen molar-refractivity contribution in [3.63, 3.8) is 0 Å². The Morgan fingerprint density at radius 3 is 1.52 bits per heavy atom. The van der Waals surface area contributed by atoms with Crippen LogP contribution in [0, 0.1) is 0 Å². The molecule has 0 aromatic heterocycles. The second-order valence-corrected chi connectivity index (χ2v) is 7.17. The van der Waals surface area contributed by atoms with Crippen LogP contribution in [0.1, 0.15) is 123 Å². The maximum Gasteiger partial charge on any atom is 0.0540 e. The van der Waals surface area contributed by atoms with Crippen molar-refractivity contribution < 1.29 is 5.11 Å². The second kappa shape index (κ2) is 19.7. The van der Waals surface area contributed by atoms with Crippen LogP contribution in [0.4, 0.5) is 0 Å². The monoisotopic (exact) mass is 324 g/mol. The van der Waals surface area contributed by atoms with Gasteiger partial charge in [0.05, 0.1) is 6.10 Å². The highest BCUT2D eigenvalue weighted by atomic mass is 16.3. The lowest BCUT2D eigenvalue weighted by Gasteiger charge is -2.09. The summed E-state index contributed by atoms with van der Waals surface area (Å²) in [5.74, 6) is 0.